The highest BCUT2D eigenvalue weighted by molar-refractivity contribution is 6.30. The summed E-state index contributed by atoms with van der Waals surface area (Å²) in [5.74, 6) is 0.192. The fourth-order valence-corrected chi connectivity index (χ4v) is 3.07. The van der Waals surface area contributed by atoms with Crippen LogP contribution >= 0.6 is 11.6 Å². The number of piperazine rings is 1. The van der Waals surface area contributed by atoms with Crippen molar-refractivity contribution in [3.63, 3.8) is 0 Å². The summed E-state index contributed by atoms with van der Waals surface area (Å²) in [5.41, 5.74) is 1.72. The molecule has 1 aliphatic heterocycles. The van der Waals surface area contributed by atoms with Crippen molar-refractivity contribution >= 4 is 17.5 Å². The molecule has 1 saturated heterocycles. The summed E-state index contributed by atoms with van der Waals surface area (Å²) < 4.78 is 18.8. The Labute approximate surface area is 158 Å². The van der Waals surface area contributed by atoms with Gasteiger partial charge in [-0.3, -0.25) is 9.69 Å². The fraction of sp³-hybridized carbons (Fsp3) is 0.350. The first-order valence-electron chi connectivity index (χ1n) is 8.65. The lowest BCUT2D eigenvalue weighted by atomic mass is 10.2. The Balaban J connectivity index is 1.44. The SMILES string of the molecule is Cc1cc(OCC(=O)N2CCN(Cc3ccc(Cl)cc3)CC2)ccc1F. The molecule has 6 heteroatoms. The Bertz CT molecular complexity index is 759. The third-order valence-electron chi connectivity index (χ3n) is 4.54. The highest BCUT2D eigenvalue weighted by Gasteiger charge is 2.21. The van der Waals surface area contributed by atoms with Crippen molar-refractivity contribution in [3.8, 4) is 5.75 Å². The van der Waals surface area contributed by atoms with E-state index < -0.39 is 0 Å². The van der Waals surface area contributed by atoms with Gasteiger partial charge in [-0.2, -0.15) is 0 Å². The van der Waals surface area contributed by atoms with Gasteiger partial charge in [-0.25, -0.2) is 4.39 Å². The van der Waals surface area contributed by atoms with Crippen LogP contribution in [0.5, 0.6) is 5.75 Å². The molecular formula is C20H22ClFN2O2. The Kier molecular flexibility index (Phi) is 6.12. The summed E-state index contributed by atoms with van der Waals surface area (Å²) in [6.07, 6.45) is 0. The molecule has 0 radical (unpaired) electrons. The van der Waals surface area contributed by atoms with E-state index in [0.29, 0.717) is 24.4 Å². The smallest absolute Gasteiger partial charge is 0.260 e. The third kappa shape index (κ3) is 4.96. The number of carbonyl (C=O) groups excluding carboxylic acids is 1. The van der Waals surface area contributed by atoms with E-state index in [-0.39, 0.29) is 18.3 Å². The fourth-order valence-electron chi connectivity index (χ4n) is 2.95. The molecule has 0 spiro atoms. The minimum absolute atomic E-state index is 0.0255. The lowest BCUT2D eigenvalue weighted by Crippen LogP contribution is -2.49. The molecule has 1 heterocycles. The standard InChI is InChI=1S/C20H22ClFN2O2/c1-15-12-18(6-7-19(15)22)26-14-20(25)24-10-8-23(9-11-24)13-16-2-4-17(21)5-3-16/h2-7,12H,8-11,13-14H2,1H3. The van der Waals surface area contributed by atoms with E-state index in [1.54, 1.807) is 19.1 Å². The highest BCUT2D eigenvalue weighted by Crippen LogP contribution is 2.16. The summed E-state index contributed by atoms with van der Waals surface area (Å²) in [5, 5.41) is 0.737. The molecular weight excluding hydrogens is 355 g/mol. The van der Waals surface area contributed by atoms with Gasteiger partial charge in [0.2, 0.25) is 0 Å². The number of carbonyl (C=O) groups is 1. The molecule has 138 valence electrons. The molecule has 1 amide bonds. The highest BCUT2D eigenvalue weighted by atomic mass is 35.5. The van der Waals surface area contributed by atoms with Crippen LogP contribution in [0, 0.1) is 12.7 Å². The monoisotopic (exact) mass is 376 g/mol. The van der Waals surface area contributed by atoms with Crippen LogP contribution in [0.4, 0.5) is 4.39 Å². The Morgan fingerprint density at radius 3 is 2.46 bits per heavy atom. The Morgan fingerprint density at radius 1 is 1.12 bits per heavy atom. The number of rotatable bonds is 5. The first kappa shape index (κ1) is 18.7. The summed E-state index contributed by atoms with van der Waals surface area (Å²) in [6.45, 7) is 5.50. The van der Waals surface area contributed by atoms with Crippen LogP contribution in [0.1, 0.15) is 11.1 Å². The molecule has 0 N–H and O–H groups in total. The van der Waals surface area contributed by atoms with Crippen LogP contribution in [0.25, 0.3) is 0 Å². The van der Waals surface area contributed by atoms with Crippen molar-refractivity contribution in [3.05, 3.63) is 64.4 Å². The van der Waals surface area contributed by atoms with Crippen molar-refractivity contribution in [1.29, 1.82) is 0 Å². The number of ether oxygens (including phenoxy) is 1. The largest absolute Gasteiger partial charge is 0.484 e. The number of hydrogen-bond acceptors (Lipinski definition) is 3. The van der Waals surface area contributed by atoms with Gasteiger partial charge in [-0.05, 0) is 48.4 Å². The zero-order valence-electron chi connectivity index (χ0n) is 14.8. The average Bonchev–Trinajstić information content (AvgIpc) is 2.65. The topological polar surface area (TPSA) is 32.8 Å². The quantitative estimate of drug-likeness (QED) is 0.800. The zero-order valence-corrected chi connectivity index (χ0v) is 15.5. The van der Waals surface area contributed by atoms with Gasteiger partial charge in [0, 0.05) is 37.7 Å². The molecule has 0 atom stereocenters. The van der Waals surface area contributed by atoms with Crippen molar-refractivity contribution in [2.24, 2.45) is 0 Å². The molecule has 1 fully saturated rings. The lowest BCUT2D eigenvalue weighted by Gasteiger charge is -2.34. The maximum Gasteiger partial charge on any atom is 0.260 e. The minimum Gasteiger partial charge on any atom is -0.484 e. The second-order valence-electron chi connectivity index (χ2n) is 6.48. The number of hydrogen-bond donors (Lipinski definition) is 0. The molecule has 1 aliphatic rings. The summed E-state index contributed by atoms with van der Waals surface area (Å²) >= 11 is 5.91. The van der Waals surface area contributed by atoms with E-state index in [2.05, 4.69) is 4.90 Å². The van der Waals surface area contributed by atoms with E-state index in [0.717, 1.165) is 24.7 Å². The van der Waals surface area contributed by atoms with Gasteiger partial charge in [0.15, 0.2) is 6.61 Å². The molecule has 4 nitrogen and oxygen atoms in total. The number of aryl methyl sites for hydroxylation is 1. The van der Waals surface area contributed by atoms with E-state index in [9.17, 15) is 9.18 Å². The molecule has 0 unspecified atom stereocenters. The minimum atomic E-state index is -0.277. The van der Waals surface area contributed by atoms with Crippen LogP contribution in [0.15, 0.2) is 42.5 Å². The molecule has 2 aromatic rings. The second kappa shape index (κ2) is 8.52. The van der Waals surface area contributed by atoms with Gasteiger partial charge in [0.05, 0.1) is 0 Å². The Morgan fingerprint density at radius 2 is 1.81 bits per heavy atom. The molecule has 2 aromatic carbocycles. The lowest BCUT2D eigenvalue weighted by molar-refractivity contribution is -0.135. The summed E-state index contributed by atoms with van der Waals surface area (Å²) in [4.78, 5) is 16.5. The van der Waals surface area contributed by atoms with Gasteiger partial charge in [-0.15, -0.1) is 0 Å². The first-order valence-corrected chi connectivity index (χ1v) is 9.02. The predicted octanol–water partition coefficient (Wildman–Crippen LogP) is 3.51. The van der Waals surface area contributed by atoms with E-state index in [4.69, 9.17) is 16.3 Å². The number of amides is 1. The van der Waals surface area contributed by atoms with Gasteiger partial charge >= 0.3 is 0 Å². The summed E-state index contributed by atoms with van der Waals surface area (Å²) in [7, 11) is 0. The van der Waals surface area contributed by atoms with E-state index in [1.165, 1.54) is 11.6 Å². The number of halogens is 2. The van der Waals surface area contributed by atoms with Crippen molar-refractivity contribution < 1.29 is 13.9 Å². The zero-order chi connectivity index (χ0) is 18.5. The average molecular weight is 377 g/mol. The number of benzene rings is 2. The molecule has 0 saturated carbocycles. The molecule has 0 aromatic heterocycles. The Hall–Kier alpha value is -2.11. The van der Waals surface area contributed by atoms with Crippen LogP contribution in [0.3, 0.4) is 0 Å². The first-order chi connectivity index (χ1) is 12.5. The maximum absolute atomic E-state index is 13.3. The van der Waals surface area contributed by atoms with Gasteiger partial charge in [0.1, 0.15) is 11.6 Å². The van der Waals surface area contributed by atoms with Gasteiger partial charge < -0.3 is 9.64 Å². The van der Waals surface area contributed by atoms with E-state index >= 15 is 0 Å². The van der Waals surface area contributed by atoms with Crippen LogP contribution < -0.4 is 4.74 Å². The van der Waals surface area contributed by atoms with Gasteiger partial charge in [-0.1, -0.05) is 23.7 Å². The van der Waals surface area contributed by atoms with Gasteiger partial charge in [0.25, 0.3) is 5.91 Å². The van der Waals surface area contributed by atoms with Crippen LogP contribution in [-0.4, -0.2) is 48.5 Å². The van der Waals surface area contributed by atoms with Crippen molar-refractivity contribution in [1.82, 2.24) is 9.80 Å². The van der Waals surface area contributed by atoms with Crippen molar-refractivity contribution in [2.45, 2.75) is 13.5 Å². The normalized spacial score (nSPS) is 15.1. The van der Waals surface area contributed by atoms with Crippen molar-refractivity contribution in [2.75, 3.05) is 32.8 Å². The molecule has 26 heavy (non-hydrogen) atoms. The second-order valence-corrected chi connectivity index (χ2v) is 6.92. The van der Waals surface area contributed by atoms with Crippen LogP contribution in [0.2, 0.25) is 5.02 Å². The predicted molar refractivity (Wildman–Crippen MR) is 99.9 cm³/mol. The van der Waals surface area contributed by atoms with Crippen LogP contribution in [-0.2, 0) is 11.3 Å². The third-order valence-corrected chi connectivity index (χ3v) is 4.79. The molecule has 0 bridgehead atoms. The maximum atomic E-state index is 13.3. The summed E-state index contributed by atoms with van der Waals surface area (Å²) in [6, 6.07) is 12.3. The van der Waals surface area contributed by atoms with E-state index in [1.807, 2.05) is 29.2 Å². The molecule has 3 rings (SSSR count). The molecule has 0 aliphatic carbocycles. The number of nitrogens with zero attached hydrogens (tertiary/aromatic N) is 2.